The van der Waals surface area contributed by atoms with E-state index in [1.54, 1.807) is 6.92 Å². The maximum atomic E-state index is 11.5. The second kappa shape index (κ2) is 6.29. The van der Waals surface area contributed by atoms with Crippen LogP contribution in [0.3, 0.4) is 0 Å². The molecule has 0 aliphatic rings. The van der Waals surface area contributed by atoms with E-state index < -0.39 is 6.10 Å². The van der Waals surface area contributed by atoms with Gasteiger partial charge >= 0.3 is 0 Å². The SMILES string of the molecule is CCc1cc2[nH]c(CNC(=O)C(O)CC)cc2cc1Cl. The molecule has 2 rings (SSSR count). The molecule has 0 spiro atoms. The number of carbonyl (C=O) groups is 1. The number of nitrogens with one attached hydrogen (secondary N) is 2. The highest BCUT2D eigenvalue weighted by Crippen LogP contribution is 2.25. The fraction of sp³-hybridized carbons (Fsp3) is 0.400. The quantitative estimate of drug-likeness (QED) is 0.794. The normalized spacial score (nSPS) is 12.6. The lowest BCUT2D eigenvalue weighted by Crippen LogP contribution is -2.33. The first-order chi connectivity index (χ1) is 9.55. The van der Waals surface area contributed by atoms with Gasteiger partial charge in [0.05, 0.1) is 6.54 Å². The molecular formula is C15H19ClN2O2. The molecule has 1 aromatic carbocycles. The van der Waals surface area contributed by atoms with Crippen LogP contribution in [0.2, 0.25) is 5.02 Å². The number of aromatic amines is 1. The molecule has 1 atom stereocenters. The summed E-state index contributed by atoms with van der Waals surface area (Å²) in [6.45, 7) is 4.19. The first kappa shape index (κ1) is 14.9. The zero-order valence-electron chi connectivity index (χ0n) is 11.7. The topological polar surface area (TPSA) is 65.1 Å². The number of benzene rings is 1. The van der Waals surface area contributed by atoms with Crippen LogP contribution in [0.15, 0.2) is 18.2 Å². The van der Waals surface area contributed by atoms with E-state index in [1.807, 2.05) is 18.2 Å². The van der Waals surface area contributed by atoms with E-state index in [4.69, 9.17) is 11.6 Å². The third-order valence-corrected chi connectivity index (χ3v) is 3.72. The first-order valence-corrected chi connectivity index (χ1v) is 7.18. The van der Waals surface area contributed by atoms with Crippen molar-refractivity contribution in [3.8, 4) is 0 Å². The van der Waals surface area contributed by atoms with Gasteiger partial charge in [0, 0.05) is 21.6 Å². The minimum atomic E-state index is -0.944. The van der Waals surface area contributed by atoms with Crippen LogP contribution in [0.5, 0.6) is 0 Å². The summed E-state index contributed by atoms with van der Waals surface area (Å²) in [7, 11) is 0. The standard InChI is InChI=1S/C15H19ClN2O2/c1-3-9-7-13-10(6-12(9)16)5-11(18-13)8-17-15(20)14(19)4-2/h5-7,14,18-19H,3-4,8H2,1-2H3,(H,17,20). The molecule has 0 radical (unpaired) electrons. The number of halogens is 1. The Bertz CT molecular complexity index is 622. The lowest BCUT2D eigenvalue weighted by atomic mass is 10.1. The number of aliphatic hydroxyl groups excluding tert-OH is 1. The highest BCUT2D eigenvalue weighted by atomic mass is 35.5. The van der Waals surface area contributed by atoms with Gasteiger partial charge in [-0.3, -0.25) is 4.79 Å². The number of hydrogen-bond donors (Lipinski definition) is 3. The van der Waals surface area contributed by atoms with Gasteiger partial charge in [0.25, 0.3) is 0 Å². The molecule has 0 bridgehead atoms. The molecule has 0 saturated carbocycles. The van der Waals surface area contributed by atoms with E-state index in [0.29, 0.717) is 13.0 Å². The molecule has 5 heteroatoms. The van der Waals surface area contributed by atoms with Gasteiger partial charge in [-0.1, -0.05) is 25.4 Å². The first-order valence-electron chi connectivity index (χ1n) is 6.81. The summed E-state index contributed by atoms with van der Waals surface area (Å²) in [4.78, 5) is 14.8. The molecule has 1 amide bonds. The zero-order valence-corrected chi connectivity index (χ0v) is 12.4. The van der Waals surface area contributed by atoms with Crippen molar-refractivity contribution in [2.45, 2.75) is 39.3 Å². The highest BCUT2D eigenvalue weighted by molar-refractivity contribution is 6.32. The predicted molar refractivity (Wildman–Crippen MR) is 80.8 cm³/mol. The molecule has 1 unspecified atom stereocenters. The Morgan fingerprint density at radius 3 is 2.80 bits per heavy atom. The summed E-state index contributed by atoms with van der Waals surface area (Å²) >= 11 is 6.18. The van der Waals surface area contributed by atoms with Crippen LogP contribution in [0.1, 0.15) is 31.5 Å². The minimum Gasteiger partial charge on any atom is -0.383 e. The summed E-state index contributed by atoms with van der Waals surface area (Å²) in [5.41, 5.74) is 2.99. The number of carbonyl (C=O) groups excluding carboxylic acids is 1. The van der Waals surface area contributed by atoms with Gasteiger partial charge in [-0.15, -0.1) is 0 Å². The lowest BCUT2D eigenvalue weighted by molar-refractivity contribution is -0.129. The van der Waals surface area contributed by atoms with Gasteiger partial charge in [-0.05, 0) is 36.6 Å². The molecule has 1 heterocycles. The Morgan fingerprint density at radius 1 is 1.40 bits per heavy atom. The van der Waals surface area contributed by atoms with Crippen molar-refractivity contribution < 1.29 is 9.90 Å². The second-order valence-electron chi connectivity index (χ2n) is 4.82. The third-order valence-electron chi connectivity index (χ3n) is 3.37. The van der Waals surface area contributed by atoms with E-state index in [2.05, 4.69) is 17.2 Å². The van der Waals surface area contributed by atoms with Crippen molar-refractivity contribution in [1.82, 2.24) is 10.3 Å². The Hall–Kier alpha value is -1.52. The van der Waals surface area contributed by atoms with Crippen molar-refractivity contribution in [1.29, 1.82) is 0 Å². The summed E-state index contributed by atoms with van der Waals surface area (Å²) in [6.07, 6.45) is 0.344. The van der Waals surface area contributed by atoms with Gasteiger partial charge < -0.3 is 15.4 Å². The van der Waals surface area contributed by atoms with Crippen LogP contribution in [-0.2, 0) is 17.8 Å². The smallest absolute Gasteiger partial charge is 0.249 e. The van der Waals surface area contributed by atoms with E-state index in [-0.39, 0.29) is 5.91 Å². The van der Waals surface area contributed by atoms with Crippen molar-refractivity contribution in [2.75, 3.05) is 0 Å². The van der Waals surface area contributed by atoms with Gasteiger partial charge in [0.1, 0.15) is 6.10 Å². The van der Waals surface area contributed by atoms with Gasteiger partial charge in [-0.25, -0.2) is 0 Å². The maximum Gasteiger partial charge on any atom is 0.249 e. The average molecular weight is 295 g/mol. The Labute approximate surface area is 123 Å². The molecule has 0 fully saturated rings. The van der Waals surface area contributed by atoms with Crippen LogP contribution >= 0.6 is 11.6 Å². The van der Waals surface area contributed by atoms with Crippen LogP contribution in [-0.4, -0.2) is 22.1 Å². The molecule has 0 saturated heterocycles. The summed E-state index contributed by atoms with van der Waals surface area (Å²) in [5.74, 6) is -0.349. The maximum absolute atomic E-state index is 11.5. The summed E-state index contributed by atoms with van der Waals surface area (Å²) in [6, 6.07) is 5.92. The Kier molecular flexibility index (Phi) is 4.68. The molecule has 2 aromatic rings. The molecule has 1 aromatic heterocycles. The Morgan fingerprint density at radius 2 is 2.15 bits per heavy atom. The zero-order chi connectivity index (χ0) is 14.7. The fourth-order valence-electron chi connectivity index (χ4n) is 2.11. The number of aromatic nitrogens is 1. The number of fused-ring (bicyclic) bond motifs is 1. The molecule has 0 aliphatic carbocycles. The predicted octanol–water partition coefficient (Wildman–Crippen LogP) is 2.77. The monoisotopic (exact) mass is 294 g/mol. The summed E-state index contributed by atoms with van der Waals surface area (Å²) < 4.78 is 0. The Balaban J connectivity index is 2.14. The largest absolute Gasteiger partial charge is 0.383 e. The molecule has 108 valence electrons. The van der Waals surface area contributed by atoms with Crippen molar-refractivity contribution in [2.24, 2.45) is 0 Å². The van der Waals surface area contributed by atoms with Crippen LogP contribution in [0.4, 0.5) is 0 Å². The molecule has 4 nitrogen and oxygen atoms in total. The molecule has 20 heavy (non-hydrogen) atoms. The average Bonchev–Trinajstić information content (AvgIpc) is 2.84. The molecular weight excluding hydrogens is 276 g/mol. The van der Waals surface area contributed by atoms with Gasteiger partial charge in [-0.2, -0.15) is 0 Å². The van der Waals surface area contributed by atoms with E-state index >= 15 is 0 Å². The fourth-order valence-corrected chi connectivity index (χ4v) is 2.42. The second-order valence-corrected chi connectivity index (χ2v) is 5.23. The number of H-pyrrole nitrogens is 1. The van der Waals surface area contributed by atoms with Gasteiger partial charge in [0.15, 0.2) is 0 Å². The van der Waals surface area contributed by atoms with Crippen LogP contribution < -0.4 is 5.32 Å². The molecule has 0 aliphatic heterocycles. The lowest BCUT2D eigenvalue weighted by Gasteiger charge is -2.07. The number of hydrogen-bond acceptors (Lipinski definition) is 2. The van der Waals surface area contributed by atoms with Crippen molar-refractivity contribution >= 4 is 28.4 Å². The third kappa shape index (κ3) is 3.14. The van der Waals surface area contributed by atoms with E-state index in [0.717, 1.165) is 33.6 Å². The number of aliphatic hydroxyl groups is 1. The van der Waals surface area contributed by atoms with Crippen LogP contribution in [0.25, 0.3) is 10.9 Å². The number of rotatable bonds is 5. The highest BCUT2D eigenvalue weighted by Gasteiger charge is 2.12. The van der Waals surface area contributed by atoms with E-state index in [9.17, 15) is 9.90 Å². The minimum absolute atomic E-state index is 0.349. The summed E-state index contributed by atoms with van der Waals surface area (Å²) in [5, 5.41) is 13.9. The number of aryl methyl sites for hydroxylation is 1. The number of amides is 1. The molecule has 3 N–H and O–H groups in total. The van der Waals surface area contributed by atoms with E-state index in [1.165, 1.54) is 0 Å². The van der Waals surface area contributed by atoms with Gasteiger partial charge in [0.2, 0.25) is 5.91 Å². The van der Waals surface area contributed by atoms with Crippen molar-refractivity contribution in [3.63, 3.8) is 0 Å². The van der Waals surface area contributed by atoms with Crippen molar-refractivity contribution in [3.05, 3.63) is 34.5 Å². The van der Waals surface area contributed by atoms with Crippen LogP contribution in [0, 0.1) is 0 Å².